The monoisotopic (exact) mass is 1280 g/mol. The van der Waals surface area contributed by atoms with Gasteiger partial charge in [-0.2, -0.15) is 0 Å². The lowest BCUT2D eigenvalue weighted by Crippen LogP contribution is -2.61. The number of carbonyl (C=O) groups is 5. The minimum absolute atomic E-state index is 0.0641. The van der Waals surface area contributed by atoms with Crippen LogP contribution in [0.4, 0.5) is 5.69 Å². The van der Waals surface area contributed by atoms with Crippen LogP contribution < -0.4 is 14.4 Å². The number of rotatable bonds is 22. The summed E-state index contributed by atoms with van der Waals surface area (Å²) >= 11 is 14.7. The Labute approximate surface area is 529 Å². The minimum Gasteiger partial charge on any atom is -0.493 e. The molecule has 0 bridgehead atoms. The fourth-order valence-corrected chi connectivity index (χ4v) is 14.1. The van der Waals surface area contributed by atoms with Gasteiger partial charge in [0, 0.05) is 94.9 Å². The van der Waals surface area contributed by atoms with Crippen molar-refractivity contribution in [3.05, 3.63) is 57.9 Å². The molecule has 3 fully saturated rings. The number of ketones is 1. The van der Waals surface area contributed by atoms with Crippen molar-refractivity contribution < 1.29 is 80.8 Å². The number of likely N-dealkylation sites (N-methyl/N-ethyl adjacent to an activating group) is 1. The second-order valence-corrected chi connectivity index (χ2v) is 26.6. The number of ether oxygens (including phenoxy) is 12. The van der Waals surface area contributed by atoms with E-state index >= 15 is 4.79 Å². The number of carbonyl (C=O) groups excluding carboxylic acids is 5. The SMILES string of the molecule is CC[C@H]1OC(=O)[C@H](C)[C@@H](O[C@H]2C[C@@](C)(OC)[C@@H](OC(C)=O)[C@H](C)O2)[C@H](C)[C@@H](O[C@@H]2O[C@H](C)C[C@H](N(C)C)[C@H]2OC(C)=O)[C@](C)(OC)C[C@@H](C)C(=O)C(C)=C[C@]1(C)OC(=O)CSCCN(Cc1c(Cl)cncc1Cl)c1ccc(OC)c(OC2CCCC2)c1. The van der Waals surface area contributed by atoms with Crippen molar-refractivity contribution in [1.29, 1.82) is 0 Å². The molecule has 16 atom stereocenters. The van der Waals surface area contributed by atoms with Crippen LogP contribution in [-0.4, -0.2) is 177 Å². The molecule has 488 valence electrons. The summed E-state index contributed by atoms with van der Waals surface area (Å²) < 4.78 is 76.7. The van der Waals surface area contributed by atoms with Gasteiger partial charge in [-0.05, 0) is 131 Å². The molecule has 2 aromatic rings. The highest BCUT2D eigenvalue weighted by Crippen LogP contribution is 2.43. The molecule has 0 unspecified atom stereocenters. The Kier molecular flexibility index (Phi) is 26.1. The Morgan fingerprint density at radius 1 is 0.839 bits per heavy atom. The van der Waals surface area contributed by atoms with E-state index in [0.717, 1.165) is 31.4 Å². The standard InChI is InChI=1S/C64H95Cl2N3O17S/c1-18-52-62(10,86-53(72)35-87-26-25-69(34-46-47(65)32-67-33-48(46)66)44-23-24-50(75-15)51(28-44)82-45-21-19-20-22-45)29-36(2)55(73)37(3)30-63(11,76-16)58(85-61-57(80-42(8)70)49(68(13)14)27-38(4)78-61)39(5)56(40(6)60(74)83-52)84-54-31-64(12,77-17)59(41(7)79-54)81-43(9)71/h23-24,28-29,32-33,37-41,45,49,52,54,56-59,61H,18-22,25-27,30-31,34-35H2,1-17H3/t37-,38-,39+,40-,41+,49+,52-,54+,56+,57-,58-,59+,61+,62+,63-,64-/m1/s1. The third-order valence-electron chi connectivity index (χ3n) is 17.6. The highest BCUT2D eigenvalue weighted by atomic mass is 35.5. The highest BCUT2D eigenvalue weighted by molar-refractivity contribution is 7.99. The molecule has 0 spiro atoms. The third kappa shape index (κ3) is 18.2. The first-order chi connectivity index (χ1) is 41.0. The van der Waals surface area contributed by atoms with Crippen LogP contribution in [-0.2, 0) is 77.9 Å². The zero-order valence-corrected chi connectivity index (χ0v) is 56.3. The molecule has 4 aliphatic rings. The summed E-state index contributed by atoms with van der Waals surface area (Å²) in [6.07, 6.45) is 1.38. The number of nitrogens with zero attached hydrogens (tertiary/aromatic N) is 3. The minimum atomic E-state index is -1.67. The van der Waals surface area contributed by atoms with E-state index in [4.69, 9.17) is 80.0 Å². The number of esters is 4. The van der Waals surface area contributed by atoms with Crippen molar-refractivity contribution in [3.63, 3.8) is 0 Å². The maximum Gasteiger partial charge on any atom is 0.316 e. The van der Waals surface area contributed by atoms with Crippen molar-refractivity contribution in [2.24, 2.45) is 17.8 Å². The predicted octanol–water partition coefficient (Wildman–Crippen LogP) is 10.6. The molecule has 20 nitrogen and oxygen atoms in total. The predicted molar refractivity (Wildman–Crippen MR) is 331 cm³/mol. The average molecular weight is 1280 g/mol. The number of hydrogen-bond acceptors (Lipinski definition) is 21. The number of thioether (sulfide) groups is 1. The number of Topliss-reactive ketones (excluding diaryl/α,β-unsaturated/α-hetero) is 1. The van der Waals surface area contributed by atoms with Gasteiger partial charge >= 0.3 is 23.9 Å². The van der Waals surface area contributed by atoms with Crippen LogP contribution in [0.5, 0.6) is 11.5 Å². The van der Waals surface area contributed by atoms with Gasteiger partial charge < -0.3 is 66.6 Å². The number of pyridine rings is 1. The molecule has 1 aromatic carbocycles. The number of aromatic nitrogens is 1. The highest BCUT2D eigenvalue weighted by Gasteiger charge is 2.54. The Balaban J connectivity index is 1.34. The fraction of sp³-hybridized carbons (Fsp3) is 0.719. The van der Waals surface area contributed by atoms with Crippen molar-refractivity contribution in [3.8, 4) is 11.5 Å². The molecule has 4 heterocycles. The smallest absolute Gasteiger partial charge is 0.316 e. The Hall–Kier alpha value is -4.29. The van der Waals surface area contributed by atoms with Crippen molar-refractivity contribution in [2.75, 3.05) is 58.4 Å². The second kappa shape index (κ2) is 31.6. The van der Waals surface area contributed by atoms with Crippen molar-refractivity contribution in [1.82, 2.24) is 9.88 Å². The van der Waals surface area contributed by atoms with Crippen LogP contribution in [0.3, 0.4) is 0 Å². The van der Waals surface area contributed by atoms with Crippen LogP contribution in [0, 0.1) is 17.8 Å². The summed E-state index contributed by atoms with van der Waals surface area (Å²) in [6.45, 7) is 21.1. The lowest BCUT2D eigenvalue weighted by atomic mass is 9.76. The van der Waals surface area contributed by atoms with Gasteiger partial charge in [0.1, 0.15) is 11.7 Å². The normalized spacial score (nSPS) is 33.0. The molecular weight excluding hydrogens is 1190 g/mol. The van der Waals surface area contributed by atoms with E-state index < -0.39 is 108 Å². The summed E-state index contributed by atoms with van der Waals surface area (Å²) in [7, 11) is 8.43. The van der Waals surface area contributed by atoms with Gasteiger partial charge in [-0.1, -0.05) is 44.0 Å². The number of allylic oxidation sites excluding steroid dienone is 1. The third-order valence-corrected chi connectivity index (χ3v) is 19.1. The Morgan fingerprint density at radius 3 is 2.08 bits per heavy atom. The van der Waals surface area contributed by atoms with E-state index in [0.29, 0.717) is 52.4 Å². The fourth-order valence-electron chi connectivity index (χ4n) is 12.9. The van der Waals surface area contributed by atoms with Gasteiger partial charge in [0.2, 0.25) is 0 Å². The molecule has 1 aliphatic carbocycles. The van der Waals surface area contributed by atoms with Gasteiger partial charge in [-0.15, -0.1) is 11.8 Å². The quantitative estimate of drug-likeness (QED) is 0.0608. The molecule has 23 heteroatoms. The van der Waals surface area contributed by atoms with Crippen LogP contribution in [0.2, 0.25) is 10.0 Å². The number of hydrogen-bond donors (Lipinski definition) is 0. The zero-order chi connectivity index (χ0) is 64.3. The first-order valence-corrected chi connectivity index (χ1v) is 32.3. The molecule has 0 amide bonds. The van der Waals surface area contributed by atoms with Crippen molar-refractivity contribution >= 4 is 70.3 Å². The van der Waals surface area contributed by atoms with E-state index in [2.05, 4.69) is 9.88 Å². The number of cyclic esters (lactones) is 1. The number of methoxy groups -OCH3 is 3. The molecule has 0 radical (unpaired) electrons. The van der Waals surface area contributed by atoms with Gasteiger partial charge in [0.25, 0.3) is 0 Å². The summed E-state index contributed by atoms with van der Waals surface area (Å²) in [4.78, 5) is 78.0. The molecule has 1 aromatic heterocycles. The molecule has 0 N–H and O–H groups in total. The molecule has 3 aliphatic heterocycles. The maximum absolute atomic E-state index is 15.3. The van der Waals surface area contributed by atoms with Crippen LogP contribution in [0.1, 0.15) is 140 Å². The first-order valence-electron chi connectivity index (χ1n) is 30.3. The van der Waals surface area contributed by atoms with Gasteiger partial charge in [-0.3, -0.25) is 29.0 Å². The molecule has 87 heavy (non-hydrogen) atoms. The van der Waals surface area contributed by atoms with Crippen LogP contribution in [0.25, 0.3) is 0 Å². The number of anilines is 1. The van der Waals surface area contributed by atoms with Crippen LogP contribution >= 0.6 is 35.0 Å². The van der Waals surface area contributed by atoms with E-state index in [1.165, 1.54) is 39.8 Å². The number of benzene rings is 1. The van der Waals surface area contributed by atoms with E-state index in [-0.39, 0.29) is 54.6 Å². The van der Waals surface area contributed by atoms with E-state index in [1.54, 1.807) is 74.0 Å². The summed E-state index contributed by atoms with van der Waals surface area (Å²) in [5.41, 5.74) is -2.36. The first kappa shape index (κ1) is 71.8. The van der Waals surface area contributed by atoms with Gasteiger partial charge in [0.05, 0.1) is 71.0 Å². The van der Waals surface area contributed by atoms with Crippen molar-refractivity contribution in [2.45, 2.75) is 225 Å². The van der Waals surface area contributed by atoms with Gasteiger partial charge in [0.15, 0.2) is 47.7 Å². The topological polar surface area (TPSA) is 215 Å². The van der Waals surface area contributed by atoms with E-state index in [1.807, 2.05) is 58.0 Å². The summed E-state index contributed by atoms with van der Waals surface area (Å²) in [5, 5.41) is 0.811. The molecular formula is C64H95Cl2N3O17S. The Morgan fingerprint density at radius 2 is 1.48 bits per heavy atom. The maximum atomic E-state index is 15.3. The lowest BCUT2D eigenvalue weighted by Gasteiger charge is -2.50. The average Bonchev–Trinajstić information content (AvgIpc) is 1.85. The molecule has 1 saturated carbocycles. The lowest BCUT2D eigenvalue weighted by molar-refractivity contribution is -0.320. The zero-order valence-electron chi connectivity index (χ0n) is 54.0. The van der Waals surface area contributed by atoms with Crippen LogP contribution in [0.15, 0.2) is 42.2 Å². The summed E-state index contributed by atoms with van der Waals surface area (Å²) in [6, 6.07) is 5.44. The second-order valence-electron chi connectivity index (χ2n) is 24.7. The molecule has 2 saturated heterocycles. The van der Waals surface area contributed by atoms with E-state index in [9.17, 15) is 19.2 Å². The largest absolute Gasteiger partial charge is 0.493 e. The van der Waals surface area contributed by atoms with Gasteiger partial charge in [-0.25, -0.2) is 0 Å². The summed E-state index contributed by atoms with van der Waals surface area (Å²) in [5.74, 6) is -3.78. The Bertz CT molecular complexity index is 2680. The molecule has 6 rings (SSSR count). The number of halogens is 2.